The number of nitrogens with one attached hydrogen (secondary N) is 1. The molecule has 1 amide bonds. The number of hydrogen-bond acceptors (Lipinski definition) is 3. The number of pyridine rings is 1. The Morgan fingerprint density at radius 1 is 1.67 bits per heavy atom. The third-order valence-corrected chi connectivity index (χ3v) is 1.59. The Hall–Kier alpha value is -1.49. The summed E-state index contributed by atoms with van der Waals surface area (Å²) >= 11 is 0. The largest absolute Gasteiger partial charge is 0.279 e. The van der Waals surface area contributed by atoms with Crippen LogP contribution in [-0.4, -0.2) is 17.5 Å². The zero-order valence-corrected chi connectivity index (χ0v) is 8.66. The van der Waals surface area contributed by atoms with Crippen LogP contribution in [-0.2, 0) is 4.84 Å². The van der Waals surface area contributed by atoms with Crippen molar-refractivity contribution >= 4 is 5.91 Å². The first-order valence-electron chi connectivity index (χ1n) is 4.64. The summed E-state index contributed by atoms with van der Waals surface area (Å²) in [6, 6.07) is 2.83. The summed E-state index contributed by atoms with van der Waals surface area (Å²) < 4.78 is 13.0. The average molecular weight is 212 g/mol. The number of aromatic nitrogens is 1. The van der Waals surface area contributed by atoms with Gasteiger partial charge in [0.1, 0.15) is 0 Å². The summed E-state index contributed by atoms with van der Waals surface area (Å²) in [5, 5.41) is 0. The third kappa shape index (κ3) is 3.63. The third-order valence-electron chi connectivity index (χ3n) is 1.59. The van der Waals surface area contributed by atoms with E-state index in [0.717, 1.165) is 0 Å². The molecule has 0 aromatic carbocycles. The predicted molar refractivity (Wildman–Crippen MR) is 52.5 cm³/mol. The molecule has 0 aliphatic rings. The molecule has 1 N–H and O–H groups in total. The summed E-state index contributed by atoms with van der Waals surface area (Å²) in [6.07, 6.45) is 1.28. The van der Waals surface area contributed by atoms with Crippen LogP contribution in [0.2, 0.25) is 0 Å². The zero-order valence-electron chi connectivity index (χ0n) is 8.66. The number of amides is 1. The summed E-state index contributed by atoms with van der Waals surface area (Å²) in [7, 11) is 0. The molecule has 5 heteroatoms. The van der Waals surface area contributed by atoms with Gasteiger partial charge >= 0.3 is 0 Å². The Kier molecular flexibility index (Phi) is 4.17. The first-order valence-corrected chi connectivity index (χ1v) is 4.64. The fourth-order valence-electron chi connectivity index (χ4n) is 0.884. The lowest BCUT2D eigenvalue weighted by atomic mass is 10.2. The molecule has 0 saturated carbocycles. The molecule has 1 heterocycles. The zero-order chi connectivity index (χ0) is 11.3. The van der Waals surface area contributed by atoms with E-state index in [1.807, 2.05) is 13.8 Å². The molecular weight excluding hydrogens is 199 g/mol. The van der Waals surface area contributed by atoms with Crippen molar-refractivity contribution in [2.75, 3.05) is 6.61 Å². The second kappa shape index (κ2) is 5.41. The van der Waals surface area contributed by atoms with E-state index in [1.165, 1.54) is 18.3 Å². The molecule has 0 radical (unpaired) electrons. The predicted octanol–water partition coefficient (Wildman–Crippen LogP) is 1.54. The van der Waals surface area contributed by atoms with Crippen molar-refractivity contribution in [3.63, 3.8) is 0 Å². The maximum Gasteiger partial charge on any atom is 0.279 e. The minimum Gasteiger partial charge on any atom is -0.273 e. The lowest BCUT2D eigenvalue weighted by Gasteiger charge is -2.07. The van der Waals surface area contributed by atoms with Crippen LogP contribution in [0.4, 0.5) is 4.39 Å². The highest BCUT2D eigenvalue weighted by Gasteiger charge is 2.11. The molecule has 0 atom stereocenters. The van der Waals surface area contributed by atoms with Crippen LogP contribution in [0.1, 0.15) is 24.2 Å². The smallest absolute Gasteiger partial charge is 0.273 e. The maximum absolute atomic E-state index is 13.0. The van der Waals surface area contributed by atoms with E-state index in [9.17, 15) is 9.18 Å². The highest BCUT2D eigenvalue weighted by molar-refractivity contribution is 5.93. The molecule has 0 unspecified atom stereocenters. The number of carbonyl (C=O) groups excluding carboxylic acids is 1. The van der Waals surface area contributed by atoms with Crippen LogP contribution in [0.5, 0.6) is 0 Å². The van der Waals surface area contributed by atoms with Gasteiger partial charge in [0.15, 0.2) is 0 Å². The molecule has 15 heavy (non-hydrogen) atoms. The van der Waals surface area contributed by atoms with Gasteiger partial charge in [0.05, 0.1) is 12.2 Å². The fourth-order valence-corrected chi connectivity index (χ4v) is 0.884. The number of halogens is 1. The van der Waals surface area contributed by atoms with Gasteiger partial charge in [-0.1, -0.05) is 13.8 Å². The molecule has 1 aromatic heterocycles. The van der Waals surface area contributed by atoms with E-state index in [2.05, 4.69) is 10.5 Å². The molecule has 0 aliphatic heterocycles. The summed E-state index contributed by atoms with van der Waals surface area (Å²) in [6.45, 7) is 4.27. The lowest BCUT2D eigenvalue weighted by molar-refractivity contribution is 0.0205. The molecule has 4 nitrogen and oxygen atoms in total. The van der Waals surface area contributed by atoms with Crippen LogP contribution in [0.25, 0.3) is 0 Å². The van der Waals surface area contributed by atoms with Crippen LogP contribution < -0.4 is 5.48 Å². The molecule has 0 saturated heterocycles. The molecule has 0 spiro atoms. The van der Waals surface area contributed by atoms with Crippen LogP contribution >= 0.6 is 0 Å². The number of hydrogen-bond donors (Lipinski definition) is 1. The van der Waals surface area contributed by atoms with E-state index in [4.69, 9.17) is 4.84 Å². The van der Waals surface area contributed by atoms with Gasteiger partial charge in [-0.15, -0.1) is 0 Å². The SMILES string of the molecule is CC(C)CONC(=O)c1cccnc1F. The van der Waals surface area contributed by atoms with Gasteiger partial charge in [0.2, 0.25) is 5.95 Å². The minimum absolute atomic E-state index is 0.124. The average Bonchev–Trinajstić information content (AvgIpc) is 2.17. The van der Waals surface area contributed by atoms with Crippen LogP contribution in [0, 0.1) is 11.9 Å². The maximum atomic E-state index is 13.0. The van der Waals surface area contributed by atoms with Gasteiger partial charge in [0, 0.05) is 6.20 Å². The number of hydroxylamine groups is 1. The van der Waals surface area contributed by atoms with Crippen LogP contribution in [0.15, 0.2) is 18.3 Å². The quantitative estimate of drug-likeness (QED) is 0.608. The standard InChI is InChI=1S/C10H13FN2O2/c1-7(2)6-15-13-10(14)8-4-3-5-12-9(8)11/h3-5,7H,6H2,1-2H3,(H,13,14). The summed E-state index contributed by atoms with van der Waals surface area (Å²) in [4.78, 5) is 19.6. The lowest BCUT2D eigenvalue weighted by Crippen LogP contribution is -2.26. The van der Waals surface area contributed by atoms with E-state index < -0.39 is 11.9 Å². The van der Waals surface area contributed by atoms with Crippen molar-refractivity contribution in [1.29, 1.82) is 0 Å². The first-order chi connectivity index (χ1) is 7.11. The normalized spacial score (nSPS) is 10.4. The van der Waals surface area contributed by atoms with E-state index in [-0.39, 0.29) is 5.56 Å². The van der Waals surface area contributed by atoms with Crippen molar-refractivity contribution in [3.8, 4) is 0 Å². The molecule has 82 valence electrons. The van der Waals surface area contributed by atoms with Gasteiger partial charge in [-0.3, -0.25) is 9.63 Å². The van der Waals surface area contributed by atoms with Gasteiger partial charge < -0.3 is 0 Å². The van der Waals surface area contributed by atoms with Crippen molar-refractivity contribution < 1.29 is 14.0 Å². The fraction of sp³-hybridized carbons (Fsp3) is 0.400. The van der Waals surface area contributed by atoms with Gasteiger partial charge in [0.25, 0.3) is 5.91 Å². The van der Waals surface area contributed by atoms with Crippen molar-refractivity contribution in [2.24, 2.45) is 5.92 Å². The molecule has 0 aliphatic carbocycles. The Bertz CT molecular complexity index is 342. The van der Waals surface area contributed by atoms with E-state index >= 15 is 0 Å². The number of rotatable bonds is 4. The van der Waals surface area contributed by atoms with E-state index in [1.54, 1.807) is 0 Å². The van der Waals surface area contributed by atoms with Crippen molar-refractivity contribution in [2.45, 2.75) is 13.8 Å². The van der Waals surface area contributed by atoms with E-state index in [0.29, 0.717) is 12.5 Å². The summed E-state index contributed by atoms with van der Waals surface area (Å²) in [5.41, 5.74) is 2.03. The van der Waals surface area contributed by atoms with Gasteiger partial charge in [-0.25, -0.2) is 10.5 Å². The van der Waals surface area contributed by atoms with Gasteiger partial charge in [-0.05, 0) is 18.1 Å². The first kappa shape index (κ1) is 11.6. The summed E-state index contributed by atoms with van der Waals surface area (Å²) in [5.74, 6) is -1.13. The molecular formula is C10H13FN2O2. The minimum atomic E-state index is -0.803. The highest BCUT2D eigenvalue weighted by atomic mass is 19.1. The topological polar surface area (TPSA) is 51.2 Å². The molecule has 0 fully saturated rings. The van der Waals surface area contributed by atoms with Gasteiger partial charge in [-0.2, -0.15) is 4.39 Å². The Balaban J connectivity index is 2.51. The second-order valence-corrected chi connectivity index (χ2v) is 3.48. The number of carbonyl (C=O) groups is 1. The molecule has 1 aromatic rings. The molecule has 1 rings (SSSR count). The monoisotopic (exact) mass is 212 g/mol. The Morgan fingerprint density at radius 3 is 3.00 bits per heavy atom. The Labute approximate surface area is 87.4 Å². The molecule has 0 bridgehead atoms. The van der Waals surface area contributed by atoms with Crippen molar-refractivity contribution in [3.05, 3.63) is 29.8 Å². The van der Waals surface area contributed by atoms with Crippen molar-refractivity contribution in [1.82, 2.24) is 10.5 Å². The van der Waals surface area contributed by atoms with Crippen LogP contribution in [0.3, 0.4) is 0 Å². The number of nitrogens with zero attached hydrogens (tertiary/aromatic N) is 1. The second-order valence-electron chi connectivity index (χ2n) is 3.48. The Morgan fingerprint density at radius 2 is 2.40 bits per heavy atom. The highest BCUT2D eigenvalue weighted by Crippen LogP contribution is 2.02.